The van der Waals surface area contributed by atoms with Crippen LogP contribution in [-0.2, 0) is 16.8 Å². The molecular weight excluding hydrogens is 300 g/mol. The van der Waals surface area contributed by atoms with E-state index < -0.39 is 0 Å². The van der Waals surface area contributed by atoms with E-state index >= 15 is 0 Å². The summed E-state index contributed by atoms with van der Waals surface area (Å²) in [7, 11) is 0. The van der Waals surface area contributed by atoms with Crippen molar-refractivity contribution in [3.05, 3.63) is 27.8 Å². The van der Waals surface area contributed by atoms with Gasteiger partial charge in [-0.05, 0) is 32.1 Å². The molecule has 1 N–H and O–H groups in total. The van der Waals surface area contributed by atoms with Crippen LogP contribution in [0.15, 0.2) is 9.90 Å². The molecule has 1 saturated heterocycles. The number of thiazole rings is 1. The standard InChI is InChI=1S/C15H20N4O2S/c1-10-17-14(19-21-10)15(5-3-6-15)16-8-11-9-22-13(18-11)12-4-2-7-20-12/h9,12,16H,2-8H2,1H3/t12-/m0/s1. The van der Waals surface area contributed by atoms with Crippen molar-refractivity contribution in [1.82, 2.24) is 20.4 Å². The van der Waals surface area contributed by atoms with Crippen molar-refractivity contribution in [2.45, 2.75) is 57.2 Å². The van der Waals surface area contributed by atoms with Gasteiger partial charge in [-0.3, -0.25) is 5.32 Å². The number of nitrogens with zero attached hydrogens (tertiary/aromatic N) is 3. The minimum Gasteiger partial charge on any atom is -0.371 e. The van der Waals surface area contributed by atoms with Crippen LogP contribution >= 0.6 is 11.3 Å². The molecule has 2 aromatic heterocycles. The first-order valence-corrected chi connectivity index (χ1v) is 8.75. The Morgan fingerprint density at radius 3 is 2.91 bits per heavy atom. The number of nitrogens with one attached hydrogen (secondary N) is 1. The third kappa shape index (κ3) is 2.57. The van der Waals surface area contributed by atoms with E-state index in [1.165, 1.54) is 6.42 Å². The predicted octanol–water partition coefficient (Wildman–Crippen LogP) is 2.86. The van der Waals surface area contributed by atoms with Gasteiger partial charge in [-0.1, -0.05) is 5.16 Å². The van der Waals surface area contributed by atoms with Crippen molar-refractivity contribution in [2.75, 3.05) is 6.61 Å². The highest BCUT2D eigenvalue weighted by Crippen LogP contribution is 2.40. The maximum absolute atomic E-state index is 5.70. The molecular formula is C15H20N4O2S. The fourth-order valence-electron chi connectivity index (χ4n) is 3.09. The Morgan fingerprint density at radius 2 is 2.27 bits per heavy atom. The summed E-state index contributed by atoms with van der Waals surface area (Å²) >= 11 is 1.70. The highest BCUT2D eigenvalue weighted by molar-refractivity contribution is 7.09. The molecule has 2 aromatic rings. The van der Waals surface area contributed by atoms with Gasteiger partial charge in [-0.25, -0.2) is 4.98 Å². The van der Waals surface area contributed by atoms with Gasteiger partial charge in [-0.2, -0.15) is 4.98 Å². The minimum absolute atomic E-state index is 0.134. The van der Waals surface area contributed by atoms with Gasteiger partial charge in [-0.15, -0.1) is 11.3 Å². The van der Waals surface area contributed by atoms with Gasteiger partial charge < -0.3 is 9.26 Å². The molecule has 4 rings (SSSR count). The van der Waals surface area contributed by atoms with Crippen LogP contribution in [0, 0.1) is 6.92 Å². The Hall–Kier alpha value is -1.31. The van der Waals surface area contributed by atoms with Gasteiger partial charge in [0.15, 0.2) is 5.82 Å². The smallest absolute Gasteiger partial charge is 0.223 e. The lowest BCUT2D eigenvalue weighted by Crippen LogP contribution is -2.48. The summed E-state index contributed by atoms with van der Waals surface area (Å²) < 4.78 is 10.8. The van der Waals surface area contributed by atoms with Crippen LogP contribution in [0.2, 0.25) is 0 Å². The van der Waals surface area contributed by atoms with Crippen molar-refractivity contribution >= 4 is 11.3 Å². The SMILES string of the molecule is Cc1nc(C2(NCc3csc([C@@H]4CCCO4)n3)CCC2)no1. The lowest BCUT2D eigenvalue weighted by atomic mass is 9.76. The average Bonchev–Trinajstić information content (AvgIpc) is 3.17. The quantitative estimate of drug-likeness (QED) is 0.913. The Balaban J connectivity index is 1.43. The van der Waals surface area contributed by atoms with E-state index in [9.17, 15) is 0 Å². The molecule has 1 atom stereocenters. The summed E-state index contributed by atoms with van der Waals surface area (Å²) in [5.41, 5.74) is 0.938. The molecule has 0 unspecified atom stereocenters. The largest absolute Gasteiger partial charge is 0.371 e. The average molecular weight is 320 g/mol. The second-order valence-corrected chi connectivity index (χ2v) is 6.99. The maximum Gasteiger partial charge on any atom is 0.223 e. The molecule has 0 bridgehead atoms. The molecule has 1 saturated carbocycles. The Kier molecular flexibility index (Phi) is 3.71. The van der Waals surface area contributed by atoms with E-state index in [-0.39, 0.29) is 11.6 Å². The molecule has 1 aliphatic carbocycles. The van der Waals surface area contributed by atoms with Crippen LogP contribution in [-0.4, -0.2) is 21.7 Å². The molecule has 0 radical (unpaired) electrons. The summed E-state index contributed by atoms with van der Waals surface area (Å²) in [5.74, 6) is 1.41. The molecule has 22 heavy (non-hydrogen) atoms. The number of hydrogen-bond donors (Lipinski definition) is 1. The summed E-state index contributed by atoms with van der Waals surface area (Å²) in [6, 6.07) is 0. The van der Waals surface area contributed by atoms with Gasteiger partial charge in [0.25, 0.3) is 0 Å². The van der Waals surface area contributed by atoms with E-state index in [0.29, 0.717) is 5.89 Å². The van der Waals surface area contributed by atoms with E-state index in [0.717, 1.165) is 55.4 Å². The minimum atomic E-state index is -0.134. The van der Waals surface area contributed by atoms with Crippen LogP contribution in [0.25, 0.3) is 0 Å². The number of aryl methyl sites for hydroxylation is 1. The van der Waals surface area contributed by atoms with Gasteiger partial charge in [0.1, 0.15) is 11.1 Å². The topological polar surface area (TPSA) is 73.1 Å². The maximum atomic E-state index is 5.70. The normalized spacial score (nSPS) is 23.6. The molecule has 7 heteroatoms. The molecule has 6 nitrogen and oxygen atoms in total. The first-order valence-electron chi connectivity index (χ1n) is 7.87. The highest BCUT2D eigenvalue weighted by Gasteiger charge is 2.42. The molecule has 2 aliphatic rings. The first kappa shape index (κ1) is 14.3. The molecule has 1 aliphatic heterocycles. The zero-order valence-electron chi connectivity index (χ0n) is 12.7. The highest BCUT2D eigenvalue weighted by atomic mass is 32.1. The number of aromatic nitrogens is 3. The lowest BCUT2D eigenvalue weighted by Gasteiger charge is -2.39. The molecule has 0 spiro atoms. The van der Waals surface area contributed by atoms with Crippen molar-refractivity contribution in [3.8, 4) is 0 Å². The van der Waals surface area contributed by atoms with Gasteiger partial charge >= 0.3 is 0 Å². The number of hydrogen-bond acceptors (Lipinski definition) is 7. The lowest BCUT2D eigenvalue weighted by molar-refractivity contribution is 0.111. The Bertz CT molecular complexity index is 644. The van der Waals surface area contributed by atoms with Crippen molar-refractivity contribution in [1.29, 1.82) is 0 Å². The van der Waals surface area contributed by atoms with E-state index in [1.54, 1.807) is 11.3 Å². The van der Waals surface area contributed by atoms with Gasteiger partial charge in [0.2, 0.25) is 5.89 Å². The molecule has 0 amide bonds. The molecule has 0 aromatic carbocycles. The first-order chi connectivity index (χ1) is 10.8. The van der Waals surface area contributed by atoms with Gasteiger partial charge in [0.05, 0.1) is 11.2 Å². The van der Waals surface area contributed by atoms with Crippen molar-refractivity contribution in [2.24, 2.45) is 0 Å². The summed E-state index contributed by atoms with van der Waals surface area (Å²) in [6.45, 7) is 3.42. The monoisotopic (exact) mass is 320 g/mol. The fraction of sp³-hybridized carbons (Fsp3) is 0.667. The Morgan fingerprint density at radius 1 is 1.36 bits per heavy atom. The third-order valence-electron chi connectivity index (χ3n) is 4.55. The van der Waals surface area contributed by atoms with Crippen molar-refractivity contribution in [3.63, 3.8) is 0 Å². The van der Waals surface area contributed by atoms with Crippen LogP contribution in [0.4, 0.5) is 0 Å². The Labute approximate surface area is 133 Å². The summed E-state index contributed by atoms with van der Waals surface area (Å²) in [6.07, 6.45) is 5.73. The zero-order valence-corrected chi connectivity index (χ0v) is 13.5. The molecule has 2 fully saturated rings. The summed E-state index contributed by atoms with van der Waals surface area (Å²) in [5, 5.41) is 10.9. The van der Waals surface area contributed by atoms with Crippen LogP contribution < -0.4 is 5.32 Å². The van der Waals surface area contributed by atoms with Crippen LogP contribution in [0.3, 0.4) is 0 Å². The van der Waals surface area contributed by atoms with E-state index in [2.05, 4.69) is 20.8 Å². The predicted molar refractivity (Wildman–Crippen MR) is 81.4 cm³/mol. The second kappa shape index (κ2) is 5.72. The molecule has 3 heterocycles. The molecule has 118 valence electrons. The number of rotatable bonds is 5. The van der Waals surface area contributed by atoms with E-state index in [4.69, 9.17) is 14.2 Å². The zero-order chi connectivity index (χ0) is 15.0. The van der Waals surface area contributed by atoms with Crippen molar-refractivity contribution < 1.29 is 9.26 Å². The van der Waals surface area contributed by atoms with Gasteiger partial charge in [0, 0.05) is 25.5 Å². The third-order valence-corrected chi connectivity index (χ3v) is 5.53. The van der Waals surface area contributed by atoms with Crippen LogP contribution in [0.1, 0.15) is 60.6 Å². The van der Waals surface area contributed by atoms with E-state index in [1.807, 2.05) is 6.92 Å². The fourth-order valence-corrected chi connectivity index (χ4v) is 3.99. The number of ether oxygens (including phenoxy) is 1. The second-order valence-electron chi connectivity index (χ2n) is 6.10. The summed E-state index contributed by atoms with van der Waals surface area (Å²) in [4.78, 5) is 9.13. The van der Waals surface area contributed by atoms with Crippen LogP contribution in [0.5, 0.6) is 0 Å².